The van der Waals surface area contributed by atoms with Gasteiger partial charge in [0.2, 0.25) is 17.6 Å². The summed E-state index contributed by atoms with van der Waals surface area (Å²) in [6.45, 7) is 8.31. The van der Waals surface area contributed by atoms with E-state index in [1.807, 2.05) is 31.2 Å². The molecule has 0 aliphatic rings. The van der Waals surface area contributed by atoms with Crippen LogP contribution in [0.4, 0.5) is 5.82 Å². The molecule has 2 aromatic heterocycles. The zero-order valence-electron chi connectivity index (χ0n) is 24.8. The quantitative estimate of drug-likeness (QED) is 0.191. The summed E-state index contributed by atoms with van der Waals surface area (Å²) >= 11 is 0. The number of benzene rings is 2. The maximum atomic E-state index is 13.4. The molecule has 0 aliphatic carbocycles. The molecule has 0 radical (unpaired) electrons. The molecule has 0 saturated heterocycles. The van der Waals surface area contributed by atoms with Crippen molar-refractivity contribution in [3.05, 3.63) is 72.1 Å². The molecule has 0 fully saturated rings. The zero-order chi connectivity index (χ0) is 31.0. The van der Waals surface area contributed by atoms with Crippen molar-refractivity contribution in [2.24, 2.45) is 0 Å². The fourth-order valence-corrected chi connectivity index (χ4v) is 4.83. The summed E-state index contributed by atoms with van der Waals surface area (Å²) in [6, 6.07) is 15.8. The van der Waals surface area contributed by atoms with Crippen LogP contribution in [0.25, 0.3) is 11.1 Å². The summed E-state index contributed by atoms with van der Waals surface area (Å²) in [5.41, 5.74) is 2.93. The predicted molar refractivity (Wildman–Crippen MR) is 162 cm³/mol. The lowest BCUT2D eigenvalue weighted by atomic mass is 9.87. The Morgan fingerprint density at radius 1 is 0.907 bits per heavy atom. The Kier molecular flexibility index (Phi) is 9.67. The maximum absolute atomic E-state index is 13.4. The highest BCUT2D eigenvalue weighted by molar-refractivity contribution is 7.92. The second-order valence-electron chi connectivity index (χ2n) is 10.4. The van der Waals surface area contributed by atoms with Crippen molar-refractivity contribution in [1.82, 2.24) is 19.9 Å². The van der Waals surface area contributed by atoms with Crippen molar-refractivity contribution in [1.29, 1.82) is 0 Å². The van der Waals surface area contributed by atoms with Crippen molar-refractivity contribution in [2.75, 3.05) is 25.5 Å². The van der Waals surface area contributed by atoms with Crippen LogP contribution in [0.1, 0.15) is 38.3 Å². The number of hydrogen-bond donors (Lipinski definition) is 1. The summed E-state index contributed by atoms with van der Waals surface area (Å²) in [4.78, 5) is 16.8. The van der Waals surface area contributed by atoms with Gasteiger partial charge in [0.05, 0.1) is 30.7 Å². The largest absolute Gasteiger partial charge is 0.481 e. The molecule has 2 heterocycles. The van der Waals surface area contributed by atoms with Gasteiger partial charge >= 0.3 is 6.01 Å². The van der Waals surface area contributed by atoms with Gasteiger partial charge in [-0.25, -0.2) is 18.4 Å². The molecule has 2 aromatic carbocycles. The summed E-state index contributed by atoms with van der Waals surface area (Å²) in [6.07, 6.45) is 4.10. The highest BCUT2D eigenvalue weighted by atomic mass is 32.2. The summed E-state index contributed by atoms with van der Waals surface area (Å²) in [5.74, 6) is 3.60. The SMILES string of the molecule is COc1cc(OC)nc(OCCC#COc2ncnc(NS(=O)(=O)c3ccc(C(C)(C)C)cc3)c2-c2ccc(C)cc2)n1. The number of anilines is 1. The first kappa shape index (κ1) is 31.1. The van der Waals surface area contributed by atoms with Gasteiger partial charge in [-0.05, 0) is 35.6 Å². The normalized spacial score (nSPS) is 11.2. The van der Waals surface area contributed by atoms with Crippen LogP contribution in [0, 0.1) is 19.0 Å². The topological polar surface area (TPSA) is 135 Å². The van der Waals surface area contributed by atoms with Crippen LogP contribution in [0.3, 0.4) is 0 Å². The van der Waals surface area contributed by atoms with Gasteiger partial charge in [-0.2, -0.15) is 9.97 Å². The molecular formula is C31H33N5O6S. The molecule has 4 aromatic rings. The van der Waals surface area contributed by atoms with Crippen LogP contribution in [-0.2, 0) is 15.4 Å². The number of sulfonamides is 1. The van der Waals surface area contributed by atoms with E-state index in [1.165, 1.54) is 26.6 Å². The molecule has 0 aliphatic heterocycles. The van der Waals surface area contributed by atoms with Crippen LogP contribution < -0.4 is 23.7 Å². The lowest BCUT2D eigenvalue weighted by Crippen LogP contribution is -2.16. The molecule has 0 bridgehead atoms. The van der Waals surface area contributed by atoms with Crippen LogP contribution in [0.5, 0.6) is 23.7 Å². The van der Waals surface area contributed by atoms with E-state index in [0.717, 1.165) is 11.1 Å². The third-order valence-corrected chi connectivity index (χ3v) is 7.52. The Hall–Kier alpha value is -4.89. The third kappa shape index (κ3) is 8.11. The van der Waals surface area contributed by atoms with Crippen molar-refractivity contribution in [3.8, 4) is 46.8 Å². The van der Waals surface area contributed by atoms with Gasteiger partial charge < -0.3 is 18.9 Å². The van der Waals surface area contributed by atoms with Gasteiger partial charge in [-0.15, -0.1) is 0 Å². The van der Waals surface area contributed by atoms with E-state index in [0.29, 0.717) is 22.9 Å². The molecule has 11 nitrogen and oxygen atoms in total. The highest BCUT2D eigenvalue weighted by Gasteiger charge is 2.22. The smallest absolute Gasteiger partial charge is 0.323 e. The minimum Gasteiger partial charge on any atom is -0.481 e. The molecule has 4 rings (SSSR count). The Morgan fingerprint density at radius 2 is 1.56 bits per heavy atom. The van der Waals surface area contributed by atoms with Gasteiger partial charge in [0.15, 0.2) is 5.82 Å². The first-order valence-electron chi connectivity index (χ1n) is 13.3. The average Bonchev–Trinajstić information content (AvgIpc) is 2.99. The van der Waals surface area contributed by atoms with E-state index in [9.17, 15) is 8.42 Å². The highest BCUT2D eigenvalue weighted by Crippen LogP contribution is 2.35. The van der Waals surface area contributed by atoms with E-state index < -0.39 is 10.0 Å². The molecule has 0 saturated carbocycles. The molecule has 0 atom stereocenters. The summed E-state index contributed by atoms with van der Waals surface area (Å²) < 4.78 is 50.8. The predicted octanol–water partition coefficient (Wildman–Crippen LogP) is 5.17. The van der Waals surface area contributed by atoms with Crippen molar-refractivity contribution < 1.29 is 27.4 Å². The van der Waals surface area contributed by atoms with Crippen LogP contribution in [0.15, 0.2) is 65.8 Å². The molecule has 0 spiro atoms. The molecule has 43 heavy (non-hydrogen) atoms. The number of methoxy groups -OCH3 is 2. The zero-order valence-corrected chi connectivity index (χ0v) is 25.7. The van der Waals surface area contributed by atoms with Gasteiger partial charge in [-0.3, -0.25) is 4.72 Å². The monoisotopic (exact) mass is 603 g/mol. The van der Waals surface area contributed by atoms with Crippen LogP contribution in [0.2, 0.25) is 0 Å². The lowest BCUT2D eigenvalue weighted by Gasteiger charge is -2.19. The summed E-state index contributed by atoms with van der Waals surface area (Å²) in [7, 11) is -1.02. The average molecular weight is 604 g/mol. The fraction of sp³-hybridized carbons (Fsp3) is 0.290. The number of hydrogen-bond acceptors (Lipinski definition) is 10. The number of ether oxygens (including phenoxy) is 4. The minimum atomic E-state index is -3.98. The molecule has 224 valence electrons. The van der Waals surface area contributed by atoms with Gasteiger partial charge in [0.25, 0.3) is 10.0 Å². The molecule has 12 heteroatoms. The molecule has 0 unspecified atom stereocenters. The van der Waals surface area contributed by atoms with Crippen LogP contribution >= 0.6 is 0 Å². The number of rotatable bonds is 10. The minimum absolute atomic E-state index is 0.0583. The second kappa shape index (κ2) is 13.4. The van der Waals surface area contributed by atoms with Crippen molar-refractivity contribution in [2.45, 2.75) is 44.4 Å². The number of nitrogens with zero attached hydrogens (tertiary/aromatic N) is 4. The van der Waals surface area contributed by atoms with E-state index in [4.69, 9.17) is 18.9 Å². The van der Waals surface area contributed by atoms with Gasteiger partial charge in [0, 0.05) is 6.42 Å². The molecule has 0 amide bonds. The van der Waals surface area contributed by atoms with Crippen LogP contribution in [-0.4, -0.2) is 49.2 Å². The van der Waals surface area contributed by atoms with Crippen molar-refractivity contribution in [3.63, 3.8) is 0 Å². The number of aryl methyl sites for hydroxylation is 1. The Morgan fingerprint density at radius 3 is 2.16 bits per heavy atom. The van der Waals surface area contributed by atoms with E-state index in [-0.39, 0.29) is 41.0 Å². The molecule has 1 N–H and O–H groups in total. The number of nitrogens with one attached hydrogen (secondary N) is 1. The lowest BCUT2D eigenvalue weighted by molar-refractivity contribution is 0.282. The Labute approximate surface area is 251 Å². The third-order valence-electron chi connectivity index (χ3n) is 6.17. The second-order valence-corrected chi connectivity index (χ2v) is 12.0. The summed E-state index contributed by atoms with van der Waals surface area (Å²) in [5, 5.41) is 0. The first-order valence-corrected chi connectivity index (χ1v) is 14.8. The number of aromatic nitrogens is 4. The fourth-order valence-electron chi connectivity index (χ4n) is 3.81. The standard InChI is InChI=1S/C31H33N5O6S/c1-21-9-11-22(12-10-21)27-28(36-43(37,38)24-15-13-23(14-16-24)31(2,3)4)32-20-33-29(27)41-17-7-8-18-42-30-34-25(39-5)19-26(35-30)40-6/h9-16,19-20H,8,18H2,1-6H3,(H,32,33,36). The van der Waals surface area contributed by atoms with Gasteiger partial charge in [0.1, 0.15) is 19.0 Å². The first-order chi connectivity index (χ1) is 20.5. The Bertz CT molecular complexity index is 1700. The van der Waals surface area contributed by atoms with Crippen molar-refractivity contribution >= 4 is 15.8 Å². The van der Waals surface area contributed by atoms with Gasteiger partial charge in [-0.1, -0.05) is 68.7 Å². The maximum Gasteiger partial charge on any atom is 0.323 e. The van der Waals surface area contributed by atoms with E-state index in [1.54, 1.807) is 24.3 Å². The van der Waals surface area contributed by atoms with E-state index in [2.05, 4.69) is 57.5 Å². The Balaban J connectivity index is 1.54. The molecular weight excluding hydrogens is 570 g/mol. The van der Waals surface area contributed by atoms with E-state index >= 15 is 0 Å².